The van der Waals surface area contributed by atoms with E-state index in [9.17, 15) is 20.4 Å². The molecule has 1 aliphatic rings. The largest absolute Gasteiger partial charge is 0.394 e. The molecule has 5 N–H and O–H groups in total. The van der Waals surface area contributed by atoms with Crippen LogP contribution in [0, 0.1) is 0 Å². The van der Waals surface area contributed by atoms with E-state index in [-0.39, 0.29) is 0 Å². The molecule has 8 heteroatoms. The van der Waals surface area contributed by atoms with Crippen molar-refractivity contribution in [2.75, 3.05) is 11.6 Å². The summed E-state index contributed by atoms with van der Waals surface area (Å²) >= 11 is 1.25. The quantitative estimate of drug-likeness (QED) is 0.464. The fourth-order valence-electron chi connectivity index (χ4n) is 2.76. The summed E-state index contributed by atoms with van der Waals surface area (Å²) < 4.78 is 0. The van der Waals surface area contributed by atoms with Gasteiger partial charge >= 0.3 is 0 Å². The highest BCUT2D eigenvalue weighted by molar-refractivity contribution is 8.15. The van der Waals surface area contributed by atoms with Crippen molar-refractivity contribution < 1.29 is 25.5 Å². The van der Waals surface area contributed by atoms with Crippen LogP contribution in [0.5, 0.6) is 0 Å². The molecule has 1 aliphatic heterocycles. The minimum Gasteiger partial charge on any atom is -0.394 e. The zero-order valence-corrected chi connectivity index (χ0v) is 15.2. The Morgan fingerprint density at radius 3 is 2.07 bits per heavy atom. The maximum Gasteiger partial charge on any atom is 0.132 e. The summed E-state index contributed by atoms with van der Waals surface area (Å²) in [6, 6.07) is 18.6. The van der Waals surface area contributed by atoms with E-state index >= 15 is 0 Å². The van der Waals surface area contributed by atoms with Gasteiger partial charge in [0.05, 0.1) is 12.3 Å². The van der Waals surface area contributed by atoms with Crippen molar-refractivity contribution >= 4 is 22.5 Å². The molecule has 0 aromatic heterocycles. The minimum absolute atomic E-state index is 0.660. The number of thioether (sulfide) groups is 1. The first-order valence-corrected chi connectivity index (χ1v) is 9.39. The summed E-state index contributed by atoms with van der Waals surface area (Å²) in [4.78, 5) is 0. The lowest BCUT2D eigenvalue weighted by molar-refractivity contribution is -0.114. The van der Waals surface area contributed by atoms with Crippen molar-refractivity contribution in [2.45, 2.75) is 29.8 Å². The summed E-state index contributed by atoms with van der Waals surface area (Å²) in [5, 5.41) is 55.6. The Morgan fingerprint density at radius 2 is 1.48 bits per heavy atom. The van der Waals surface area contributed by atoms with Gasteiger partial charge in [-0.05, 0) is 12.1 Å². The van der Waals surface area contributed by atoms with Crippen molar-refractivity contribution in [3.63, 3.8) is 0 Å². The van der Waals surface area contributed by atoms with E-state index in [1.807, 2.05) is 60.7 Å². The van der Waals surface area contributed by atoms with E-state index in [0.29, 0.717) is 10.7 Å². The smallest absolute Gasteiger partial charge is 0.132 e. The van der Waals surface area contributed by atoms with E-state index in [0.717, 1.165) is 5.56 Å². The highest BCUT2D eigenvalue weighted by atomic mass is 32.2. The third-order valence-electron chi connectivity index (χ3n) is 4.29. The van der Waals surface area contributed by atoms with Gasteiger partial charge in [0, 0.05) is 5.56 Å². The molecule has 0 radical (unpaired) electrons. The van der Waals surface area contributed by atoms with Gasteiger partial charge in [-0.3, -0.25) is 0 Å². The molecule has 5 atom stereocenters. The standard InChI is InChI=1S/C19H22N2O5S/c22-11-14(23)15(24)16(25)17(26)19-21(13-9-5-2-6-10-13)20-18(27-19)12-7-3-1-4-8-12/h1-10,14-17,19,22-26H,11H2/t14-,15-,16-,17-,19+/m1/s1. The maximum atomic E-state index is 10.7. The number of para-hydroxylation sites is 1. The lowest BCUT2D eigenvalue weighted by atomic mass is 10.0. The first-order valence-electron chi connectivity index (χ1n) is 8.51. The molecular weight excluding hydrogens is 368 g/mol. The van der Waals surface area contributed by atoms with Crippen LogP contribution in [0.3, 0.4) is 0 Å². The fraction of sp³-hybridized carbons (Fsp3) is 0.316. The van der Waals surface area contributed by atoms with Gasteiger partial charge in [-0.2, -0.15) is 5.10 Å². The predicted molar refractivity (Wildman–Crippen MR) is 104 cm³/mol. The second-order valence-electron chi connectivity index (χ2n) is 6.18. The highest BCUT2D eigenvalue weighted by Gasteiger charge is 2.41. The molecule has 0 amide bonds. The van der Waals surface area contributed by atoms with Gasteiger partial charge in [0.1, 0.15) is 34.8 Å². The van der Waals surface area contributed by atoms with Gasteiger partial charge in [-0.1, -0.05) is 60.3 Å². The summed E-state index contributed by atoms with van der Waals surface area (Å²) in [6.07, 6.45) is -6.35. The third-order valence-corrected chi connectivity index (χ3v) is 5.55. The lowest BCUT2D eigenvalue weighted by Gasteiger charge is -2.32. The van der Waals surface area contributed by atoms with Crippen molar-refractivity contribution in [1.29, 1.82) is 0 Å². The molecular formula is C19H22N2O5S. The second kappa shape index (κ2) is 8.83. The molecule has 27 heavy (non-hydrogen) atoms. The van der Waals surface area contributed by atoms with Crippen LogP contribution in [0.25, 0.3) is 0 Å². The number of benzene rings is 2. The topological polar surface area (TPSA) is 117 Å². The SMILES string of the molecule is OC[C@@H](O)[C@@H](O)[C@@H](O)[C@@H](O)[C@@H]1SC(c2ccccc2)=NN1c1ccccc1. The van der Waals surface area contributed by atoms with Gasteiger partial charge in [-0.25, -0.2) is 5.01 Å². The normalized spacial score (nSPS) is 21.4. The van der Waals surface area contributed by atoms with Gasteiger partial charge in [-0.15, -0.1) is 0 Å². The molecule has 0 saturated heterocycles. The first kappa shape index (κ1) is 19.8. The Labute approximate surface area is 161 Å². The van der Waals surface area contributed by atoms with Gasteiger partial charge in [0.2, 0.25) is 0 Å². The fourth-order valence-corrected chi connectivity index (χ4v) is 3.96. The number of hydrazone groups is 1. The zero-order chi connectivity index (χ0) is 19.4. The van der Waals surface area contributed by atoms with Crippen LogP contribution in [-0.4, -0.2) is 67.0 Å². The lowest BCUT2D eigenvalue weighted by Crippen LogP contribution is -2.52. The average Bonchev–Trinajstić information content (AvgIpc) is 3.18. The van der Waals surface area contributed by atoms with Crippen molar-refractivity contribution in [3.05, 3.63) is 66.2 Å². The molecule has 3 rings (SSSR count). The van der Waals surface area contributed by atoms with Crippen LogP contribution < -0.4 is 5.01 Å². The molecule has 0 unspecified atom stereocenters. The Balaban J connectivity index is 1.89. The first-order chi connectivity index (χ1) is 13.0. The Kier molecular flexibility index (Phi) is 6.48. The van der Waals surface area contributed by atoms with Crippen LogP contribution in [0.2, 0.25) is 0 Å². The summed E-state index contributed by atoms with van der Waals surface area (Å²) in [6.45, 7) is -0.725. The van der Waals surface area contributed by atoms with E-state index < -0.39 is 36.4 Å². The van der Waals surface area contributed by atoms with E-state index in [1.165, 1.54) is 11.8 Å². The van der Waals surface area contributed by atoms with Crippen LogP contribution >= 0.6 is 11.8 Å². The van der Waals surface area contributed by atoms with Gasteiger partial charge < -0.3 is 25.5 Å². The van der Waals surface area contributed by atoms with Gasteiger partial charge in [0.25, 0.3) is 0 Å². The number of anilines is 1. The molecule has 7 nitrogen and oxygen atoms in total. The van der Waals surface area contributed by atoms with Crippen molar-refractivity contribution in [3.8, 4) is 0 Å². The summed E-state index contributed by atoms with van der Waals surface area (Å²) in [7, 11) is 0. The van der Waals surface area contributed by atoms with E-state index in [1.54, 1.807) is 5.01 Å². The molecule has 0 saturated carbocycles. The van der Waals surface area contributed by atoms with Crippen LogP contribution in [-0.2, 0) is 0 Å². The van der Waals surface area contributed by atoms with E-state index in [2.05, 4.69) is 5.10 Å². The number of aliphatic hydroxyl groups excluding tert-OH is 5. The van der Waals surface area contributed by atoms with Crippen LogP contribution in [0.1, 0.15) is 5.56 Å². The molecule has 2 aromatic carbocycles. The Bertz CT molecular complexity index is 761. The molecule has 1 heterocycles. The maximum absolute atomic E-state index is 10.7. The molecule has 0 bridgehead atoms. The molecule has 0 aliphatic carbocycles. The average molecular weight is 390 g/mol. The summed E-state index contributed by atoms with van der Waals surface area (Å²) in [5.41, 5.74) is 1.58. The number of hydrogen-bond acceptors (Lipinski definition) is 8. The van der Waals surface area contributed by atoms with Crippen LogP contribution in [0.4, 0.5) is 5.69 Å². The highest BCUT2D eigenvalue weighted by Crippen LogP contribution is 2.36. The van der Waals surface area contributed by atoms with Crippen molar-refractivity contribution in [2.24, 2.45) is 5.10 Å². The Hall–Kier alpha value is -1.94. The molecule has 2 aromatic rings. The summed E-state index contributed by atoms with van der Waals surface area (Å²) in [5.74, 6) is 0. The van der Waals surface area contributed by atoms with Crippen molar-refractivity contribution in [1.82, 2.24) is 0 Å². The number of hydrogen-bond donors (Lipinski definition) is 5. The van der Waals surface area contributed by atoms with Crippen LogP contribution in [0.15, 0.2) is 65.8 Å². The monoisotopic (exact) mass is 390 g/mol. The minimum atomic E-state index is -1.69. The van der Waals surface area contributed by atoms with E-state index in [4.69, 9.17) is 5.11 Å². The number of aliphatic hydroxyl groups is 5. The predicted octanol–water partition coefficient (Wildman–Crippen LogP) is 0.364. The number of rotatable bonds is 7. The number of nitrogens with zero attached hydrogens (tertiary/aromatic N) is 2. The Morgan fingerprint density at radius 1 is 0.889 bits per heavy atom. The molecule has 0 spiro atoms. The third kappa shape index (κ3) is 4.32. The van der Waals surface area contributed by atoms with Gasteiger partial charge in [0.15, 0.2) is 0 Å². The molecule has 144 valence electrons. The second-order valence-corrected chi connectivity index (χ2v) is 7.29. The molecule has 0 fully saturated rings. The zero-order valence-electron chi connectivity index (χ0n) is 14.4.